The van der Waals surface area contributed by atoms with Crippen molar-refractivity contribution in [3.8, 4) is 0 Å². The Morgan fingerprint density at radius 3 is 2.63 bits per heavy atom. The van der Waals surface area contributed by atoms with Crippen molar-refractivity contribution in [3.63, 3.8) is 0 Å². The first kappa shape index (κ1) is 14.7. The highest BCUT2D eigenvalue weighted by Crippen LogP contribution is 2.45. The lowest BCUT2D eigenvalue weighted by molar-refractivity contribution is -0.130. The number of thioether (sulfide) groups is 1. The lowest BCUT2D eigenvalue weighted by atomic mass is 10.0. The number of carbonyl (C=O) groups is 1. The lowest BCUT2D eigenvalue weighted by Gasteiger charge is -2.20. The van der Waals surface area contributed by atoms with E-state index in [1.807, 2.05) is 30.5 Å². The zero-order chi connectivity index (χ0) is 13.9. The van der Waals surface area contributed by atoms with E-state index >= 15 is 0 Å². The van der Waals surface area contributed by atoms with Gasteiger partial charge in [-0.15, -0.1) is 0 Å². The average molecular weight is 300 g/mol. The zero-order valence-electron chi connectivity index (χ0n) is 10.9. The van der Waals surface area contributed by atoms with Crippen LogP contribution in [0.2, 0.25) is 5.02 Å². The number of aliphatic hydroxyl groups excluding tert-OH is 1. The van der Waals surface area contributed by atoms with Crippen LogP contribution in [0.3, 0.4) is 0 Å². The van der Waals surface area contributed by atoms with Gasteiger partial charge in [0.1, 0.15) is 6.10 Å². The summed E-state index contributed by atoms with van der Waals surface area (Å²) in [4.78, 5) is 11.9. The Morgan fingerprint density at radius 2 is 2.11 bits per heavy atom. The zero-order valence-corrected chi connectivity index (χ0v) is 12.4. The van der Waals surface area contributed by atoms with Gasteiger partial charge < -0.3 is 10.4 Å². The molecular formula is C14H18ClNO2S. The lowest BCUT2D eigenvalue weighted by Crippen LogP contribution is -2.41. The van der Waals surface area contributed by atoms with Crippen molar-refractivity contribution in [2.24, 2.45) is 0 Å². The Hall–Kier alpha value is -0.710. The molecule has 104 valence electrons. The maximum Gasteiger partial charge on any atom is 0.249 e. The maximum atomic E-state index is 11.9. The summed E-state index contributed by atoms with van der Waals surface area (Å²) < 4.78 is 0. The van der Waals surface area contributed by atoms with Gasteiger partial charge >= 0.3 is 0 Å². The van der Waals surface area contributed by atoms with E-state index in [2.05, 4.69) is 5.32 Å². The van der Waals surface area contributed by atoms with E-state index in [1.165, 1.54) is 0 Å². The summed E-state index contributed by atoms with van der Waals surface area (Å²) in [6, 6.07) is 7.52. The maximum absolute atomic E-state index is 11.9. The van der Waals surface area contributed by atoms with Crippen molar-refractivity contribution in [2.75, 3.05) is 12.0 Å². The molecule has 3 nitrogen and oxygen atoms in total. The molecule has 2 rings (SSSR count). The van der Waals surface area contributed by atoms with Crippen LogP contribution in [0, 0.1) is 0 Å². The first-order valence-electron chi connectivity index (χ1n) is 6.32. The van der Waals surface area contributed by atoms with E-state index in [4.69, 9.17) is 11.6 Å². The van der Waals surface area contributed by atoms with Gasteiger partial charge in [-0.1, -0.05) is 23.7 Å². The van der Waals surface area contributed by atoms with E-state index < -0.39 is 6.10 Å². The first-order chi connectivity index (χ1) is 9.07. The number of hydrogen-bond acceptors (Lipinski definition) is 3. The van der Waals surface area contributed by atoms with Gasteiger partial charge in [-0.3, -0.25) is 4.79 Å². The third kappa shape index (κ3) is 3.65. The van der Waals surface area contributed by atoms with Crippen LogP contribution in [0.4, 0.5) is 0 Å². The minimum absolute atomic E-state index is 0.276. The van der Waals surface area contributed by atoms with Crippen molar-refractivity contribution in [2.45, 2.75) is 30.9 Å². The van der Waals surface area contributed by atoms with Crippen LogP contribution in [0.15, 0.2) is 24.3 Å². The van der Waals surface area contributed by atoms with E-state index in [1.54, 1.807) is 11.8 Å². The number of aliphatic hydroxyl groups is 1. The van der Waals surface area contributed by atoms with E-state index in [-0.39, 0.29) is 11.4 Å². The number of nitrogens with one attached hydrogen (secondary N) is 1. The predicted molar refractivity (Wildman–Crippen MR) is 79.5 cm³/mol. The minimum Gasteiger partial charge on any atom is -0.383 e. The van der Waals surface area contributed by atoms with Gasteiger partial charge in [-0.05, 0) is 49.0 Å². The Bertz CT molecular complexity index is 445. The molecule has 0 radical (unpaired) electrons. The SMILES string of the molecule is CSCC[C@H](O)C(=O)NC1(c2ccc(Cl)cc2)CC1. The Morgan fingerprint density at radius 1 is 1.47 bits per heavy atom. The molecule has 1 fully saturated rings. The van der Waals surface area contributed by atoms with E-state index in [0.29, 0.717) is 11.4 Å². The Balaban J connectivity index is 1.98. The minimum atomic E-state index is -0.919. The van der Waals surface area contributed by atoms with Gasteiger partial charge in [0.15, 0.2) is 0 Å². The van der Waals surface area contributed by atoms with Crippen LogP contribution in [0.25, 0.3) is 0 Å². The average Bonchev–Trinajstić information content (AvgIpc) is 3.17. The van der Waals surface area contributed by atoms with Crippen LogP contribution in [0.1, 0.15) is 24.8 Å². The summed E-state index contributed by atoms with van der Waals surface area (Å²) in [5, 5.41) is 13.4. The summed E-state index contributed by atoms with van der Waals surface area (Å²) in [6.45, 7) is 0. The molecule has 1 amide bonds. The van der Waals surface area contributed by atoms with Crippen LogP contribution >= 0.6 is 23.4 Å². The normalized spacial score (nSPS) is 17.8. The molecule has 0 saturated heterocycles. The van der Waals surface area contributed by atoms with E-state index in [9.17, 15) is 9.90 Å². The highest BCUT2D eigenvalue weighted by atomic mass is 35.5. The first-order valence-corrected chi connectivity index (χ1v) is 8.10. The van der Waals surface area contributed by atoms with Gasteiger partial charge in [0.25, 0.3) is 0 Å². The molecule has 1 aromatic carbocycles. The molecule has 1 aliphatic carbocycles. The van der Waals surface area contributed by atoms with Gasteiger partial charge in [0.2, 0.25) is 5.91 Å². The predicted octanol–water partition coefficient (Wildman–Crippen LogP) is 2.56. The second-order valence-electron chi connectivity index (χ2n) is 4.88. The number of carbonyl (C=O) groups excluding carboxylic acids is 1. The molecule has 1 saturated carbocycles. The molecule has 0 aromatic heterocycles. The summed E-state index contributed by atoms with van der Waals surface area (Å²) in [5.41, 5.74) is 0.768. The molecule has 19 heavy (non-hydrogen) atoms. The summed E-state index contributed by atoms with van der Waals surface area (Å²) in [6.07, 6.45) is 3.35. The third-order valence-corrected chi connectivity index (χ3v) is 4.30. The fourth-order valence-electron chi connectivity index (χ4n) is 2.06. The fourth-order valence-corrected chi connectivity index (χ4v) is 2.64. The summed E-state index contributed by atoms with van der Waals surface area (Å²) in [5.74, 6) is 0.504. The second-order valence-corrected chi connectivity index (χ2v) is 6.30. The fraction of sp³-hybridized carbons (Fsp3) is 0.500. The molecule has 0 spiro atoms. The molecule has 0 unspecified atom stereocenters. The van der Waals surface area contributed by atoms with Crippen LogP contribution < -0.4 is 5.32 Å². The molecule has 1 aliphatic rings. The highest BCUT2D eigenvalue weighted by molar-refractivity contribution is 7.98. The van der Waals surface area contributed by atoms with Crippen molar-refractivity contribution in [1.29, 1.82) is 0 Å². The molecule has 0 heterocycles. The largest absolute Gasteiger partial charge is 0.383 e. The number of halogens is 1. The van der Waals surface area contributed by atoms with Crippen molar-refractivity contribution in [1.82, 2.24) is 5.32 Å². The topological polar surface area (TPSA) is 49.3 Å². The molecule has 1 atom stereocenters. The molecule has 2 N–H and O–H groups in total. The molecule has 0 aliphatic heterocycles. The van der Waals surface area contributed by atoms with Crippen LogP contribution in [-0.4, -0.2) is 29.1 Å². The smallest absolute Gasteiger partial charge is 0.249 e. The van der Waals surface area contributed by atoms with Crippen LogP contribution in [-0.2, 0) is 10.3 Å². The monoisotopic (exact) mass is 299 g/mol. The summed E-state index contributed by atoms with van der Waals surface area (Å²) in [7, 11) is 0. The van der Waals surface area contributed by atoms with Crippen molar-refractivity contribution >= 4 is 29.3 Å². The third-order valence-electron chi connectivity index (χ3n) is 3.41. The quantitative estimate of drug-likeness (QED) is 0.849. The Kier molecular flexibility index (Phi) is 4.76. The van der Waals surface area contributed by atoms with E-state index in [0.717, 1.165) is 24.2 Å². The highest BCUT2D eigenvalue weighted by Gasteiger charge is 2.46. The van der Waals surface area contributed by atoms with Gasteiger partial charge in [-0.25, -0.2) is 0 Å². The Labute approximate surface area is 122 Å². The van der Waals surface area contributed by atoms with Crippen molar-refractivity contribution in [3.05, 3.63) is 34.9 Å². The molecule has 0 bridgehead atoms. The number of hydrogen-bond donors (Lipinski definition) is 2. The van der Waals surface area contributed by atoms with Crippen LogP contribution in [0.5, 0.6) is 0 Å². The summed E-state index contributed by atoms with van der Waals surface area (Å²) >= 11 is 7.49. The second kappa shape index (κ2) is 6.16. The number of benzene rings is 1. The number of amides is 1. The standard InChI is InChI=1S/C14H18ClNO2S/c1-19-9-6-12(17)13(18)16-14(7-8-14)10-2-4-11(15)5-3-10/h2-5,12,17H,6-9H2,1H3,(H,16,18)/t12-/m0/s1. The van der Waals surface area contributed by atoms with Gasteiger partial charge in [0, 0.05) is 5.02 Å². The van der Waals surface area contributed by atoms with Gasteiger partial charge in [0.05, 0.1) is 5.54 Å². The number of rotatable bonds is 6. The van der Waals surface area contributed by atoms with Crippen molar-refractivity contribution < 1.29 is 9.90 Å². The molecule has 5 heteroatoms. The van der Waals surface area contributed by atoms with Gasteiger partial charge in [-0.2, -0.15) is 11.8 Å². The molecular weight excluding hydrogens is 282 g/mol. The molecule has 1 aromatic rings.